The molecule has 0 aromatic heterocycles. The molecule has 27 heavy (non-hydrogen) atoms. The summed E-state index contributed by atoms with van der Waals surface area (Å²) in [6.45, 7) is 10.0. The van der Waals surface area contributed by atoms with Crippen molar-refractivity contribution in [2.24, 2.45) is 4.76 Å². The van der Waals surface area contributed by atoms with Crippen molar-refractivity contribution in [1.29, 1.82) is 0 Å². The van der Waals surface area contributed by atoms with E-state index in [9.17, 15) is 0 Å². The summed E-state index contributed by atoms with van der Waals surface area (Å²) in [7, 11) is 0. The van der Waals surface area contributed by atoms with Crippen LogP contribution in [0.25, 0.3) is 0 Å². The average Bonchev–Trinajstić information content (AvgIpc) is 2.58. The molecule has 0 aliphatic heterocycles. The van der Waals surface area contributed by atoms with Crippen molar-refractivity contribution >= 4 is 35.3 Å². The minimum atomic E-state index is -2.83. The van der Waals surface area contributed by atoms with Crippen molar-refractivity contribution in [3.63, 3.8) is 0 Å². The van der Waals surface area contributed by atoms with Gasteiger partial charge in [0.05, 0.1) is 18.0 Å². The van der Waals surface area contributed by atoms with Gasteiger partial charge in [-0.05, 0) is 53.3 Å². The van der Waals surface area contributed by atoms with Gasteiger partial charge in [-0.15, -0.1) is 11.8 Å². The van der Waals surface area contributed by atoms with Gasteiger partial charge in [-0.2, -0.15) is 4.76 Å². The molecule has 0 aliphatic carbocycles. The zero-order chi connectivity index (χ0) is 20.3. The summed E-state index contributed by atoms with van der Waals surface area (Å²) in [5.41, 5.74) is 0.975. The zero-order valence-corrected chi connectivity index (χ0v) is 19.6. The molecule has 1 rings (SSSR count). The maximum atomic E-state index is 5.94. The lowest BCUT2D eigenvalue weighted by atomic mass is 10.2. The second-order valence-corrected chi connectivity index (χ2v) is 10.2. The Morgan fingerprint density at radius 1 is 1.00 bits per heavy atom. The van der Waals surface area contributed by atoms with E-state index in [1.54, 1.807) is 11.8 Å². The minimum Gasteiger partial charge on any atom is -0.352 e. The fourth-order valence-electron chi connectivity index (χ4n) is 2.13. The normalized spacial score (nSPS) is 13.1. The molecule has 1 aromatic carbocycles. The third-order valence-corrected chi connectivity index (χ3v) is 6.74. The van der Waals surface area contributed by atoms with Crippen molar-refractivity contribution < 1.29 is 18.5 Å². The molecule has 0 heterocycles. The van der Waals surface area contributed by atoms with Crippen LogP contribution in [-0.2, 0) is 30.3 Å². The summed E-state index contributed by atoms with van der Waals surface area (Å²) in [6.07, 6.45) is -0.436. The first kappa shape index (κ1) is 24.8. The number of rotatable bonds is 12. The third kappa shape index (κ3) is 10.2. The van der Waals surface area contributed by atoms with Crippen LogP contribution in [0.5, 0.6) is 0 Å². The highest BCUT2D eigenvalue weighted by Gasteiger charge is 2.24. The Balaban J connectivity index is 3.15. The number of hydrogen-bond donors (Lipinski definition) is 0. The van der Waals surface area contributed by atoms with E-state index in [0.717, 1.165) is 10.6 Å². The lowest BCUT2D eigenvalue weighted by molar-refractivity contribution is -0.119. The summed E-state index contributed by atoms with van der Waals surface area (Å²) in [5, 5.41) is 0.782. The maximum absolute atomic E-state index is 5.94. The number of hydrogen-bond acceptors (Lipinski definition) is 6. The van der Waals surface area contributed by atoms with Crippen LogP contribution in [0.3, 0.4) is 0 Å². The summed E-state index contributed by atoms with van der Waals surface area (Å²) in [5.74, 6) is 0.605. The van der Waals surface area contributed by atoms with Crippen LogP contribution in [0, 0.1) is 0 Å². The molecule has 154 valence electrons. The van der Waals surface area contributed by atoms with E-state index in [4.69, 9.17) is 35.1 Å². The first-order valence-electron chi connectivity index (χ1n) is 9.28. The Kier molecular flexibility index (Phi) is 12.0. The standard InChI is InChI=1S/C19H32NO4PS2/c1-7-21-18(22-8-2)14-27-19(17-12-10-9-11-13-17)20-25(26,23-15(3)4)24-16(5)6/h9-13,15-16,18H,7-8,14H2,1-6H3/b20-19+. The summed E-state index contributed by atoms with van der Waals surface area (Å²) >= 11 is 7.26. The van der Waals surface area contributed by atoms with Crippen LogP contribution in [0.4, 0.5) is 0 Å². The molecule has 5 nitrogen and oxygen atoms in total. The van der Waals surface area contributed by atoms with Gasteiger partial charge < -0.3 is 18.5 Å². The van der Waals surface area contributed by atoms with E-state index in [1.165, 1.54) is 0 Å². The average molecular weight is 434 g/mol. The van der Waals surface area contributed by atoms with Crippen molar-refractivity contribution in [1.82, 2.24) is 0 Å². The number of thioether (sulfide) groups is 1. The highest BCUT2D eigenvalue weighted by atomic mass is 32.5. The smallest absolute Gasteiger partial charge is 0.310 e. The van der Waals surface area contributed by atoms with Crippen molar-refractivity contribution in [2.75, 3.05) is 19.0 Å². The van der Waals surface area contributed by atoms with Crippen LogP contribution in [0.15, 0.2) is 35.1 Å². The topological polar surface area (TPSA) is 49.3 Å². The molecule has 0 unspecified atom stereocenters. The summed E-state index contributed by atoms with van der Waals surface area (Å²) in [6, 6.07) is 9.94. The molecule has 0 N–H and O–H groups in total. The van der Waals surface area contributed by atoms with Crippen molar-refractivity contribution in [3.8, 4) is 0 Å². The van der Waals surface area contributed by atoms with E-state index in [2.05, 4.69) is 0 Å². The zero-order valence-electron chi connectivity index (χ0n) is 17.1. The van der Waals surface area contributed by atoms with Crippen molar-refractivity contribution in [2.45, 2.75) is 60.0 Å². The Hall–Kier alpha value is -0.270. The molecule has 0 saturated carbocycles. The highest BCUT2D eigenvalue weighted by Crippen LogP contribution is 2.53. The quantitative estimate of drug-likeness (QED) is 0.184. The van der Waals surface area contributed by atoms with Crippen LogP contribution in [0.1, 0.15) is 47.1 Å². The molecule has 1 aromatic rings. The molecule has 0 bridgehead atoms. The van der Waals surface area contributed by atoms with E-state index >= 15 is 0 Å². The van der Waals surface area contributed by atoms with Gasteiger partial charge in [-0.25, -0.2) is 0 Å². The van der Waals surface area contributed by atoms with Gasteiger partial charge >= 0.3 is 6.64 Å². The second kappa shape index (κ2) is 13.0. The molecular weight excluding hydrogens is 401 g/mol. The van der Waals surface area contributed by atoms with Gasteiger partial charge in [-0.3, -0.25) is 0 Å². The molecule has 0 aliphatic rings. The molecule has 0 amide bonds. The maximum Gasteiger partial charge on any atom is 0.310 e. The first-order chi connectivity index (χ1) is 12.8. The Morgan fingerprint density at radius 3 is 1.96 bits per heavy atom. The Labute approximate surface area is 173 Å². The highest BCUT2D eigenvalue weighted by molar-refractivity contribution is 8.15. The third-order valence-electron chi connectivity index (χ3n) is 2.98. The lowest BCUT2D eigenvalue weighted by Gasteiger charge is -2.24. The molecule has 0 radical (unpaired) electrons. The predicted octanol–water partition coefficient (Wildman–Crippen LogP) is 5.64. The first-order valence-corrected chi connectivity index (χ1v) is 12.9. The minimum absolute atomic E-state index is 0.0695. The van der Waals surface area contributed by atoms with Gasteiger partial charge in [0, 0.05) is 18.8 Å². The molecule has 0 fully saturated rings. The van der Waals surface area contributed by atoms with E-state index < -0.39 is 6.64 Å². The Morgan fingerprint density at radius 2 is 1.52 bits per heavy atom. The lowest BCUT2D eigenvalue weighted by Crippen LogP contribution is -2.21. The van der Waals surface area contributed by atoms with E-state index in [1.807, 2.05) is 71.9 Å². The monoisotopic (exact) mass is 433 g/mol. The van der Waals surface area contributed by atoms with Gasteiger partial charge in [0.2, 0.25) is 0 Å². The SMILES string of the molecule is CCOC(CS/C(=N/P(=S)(OC(C)C)OC(C)C)c1ccccc1)OCC. The van der Waals surface area contributed by atoms with E-state index in [0.29, 0.717) is 19.0 Å². The molecule has 8 heteroatoms. The summed E-state index contributed by atoms with van der Waals surface area (Å²) in [4.78, 5) is 0. The van der Waals surface area contributed by atoms with Crippen LogP contribution < -0.4 is 0 Å². The van der Waals surface area contributed by atoms with Crippen LogP contribution >= 0.6 is 18.4 Å². The number of benzene rings is 1. The summed E-state index contributed by atoms with van der Waals surface area (Å²) < 4.78 is 28.0. The van der Waals surface area contributed by atoms with E-state index in [-0.39, 0.29) is 18.5 Å². The van der Waals surface area contributed by atoms with Gasteiger partial charge in [0.15, 0.2) is 6.29 Å². The molecular formula is C19H32NO4PS2. The van der Waals surface area contributed by atoms with Crippen LogP contribution in [0.2, 0.25) is 0 Å². The largest absolute Gasteiger partial charge is 0.352 e. The van der Waals surface area contributed by atoms with Crippen LogP contribution in [-0.4, -0.2) is 42.5 Å². The number of ether oxygens (including phenoxy) is 2. The fraction of sp³-hybridized carbons (Fsp3) is 0.632. The van der Waals surface area contributed by atoms with Gasteiger partial charge in [-0.1, -0.05) is 30.3 Å². The Bertz CT molecular complexity index is 591. The van der Waals surface area contributed by atoms with Crippen molar-refractivity contribution in [3.05, 3.63) is 35.9 Å². The van der Waals surface area contributed by atoms with Gasteiger partial charge in [0.25, 0.3) is 0 Å². The molecule has 0 saturated heterocycles. The number of nitrogens with zero attached hydrogens (tertiary/aromatic N) is 1. The molecule has 0 atom stereocenters. The predicted molar refractivity (Wildman–Crippen MR) is 119 cm³/mol. The second-order valence-electron chi connectivity index (χ2n) is 6.20. The molecule has 0 spiro atoms. The van der Waals surface area contributed by atoms with Gasteiger partial charge in [0.1, 0.15) is 5.04 Å². The fourth-order valence-corrected chi connectivity index (χ4v) is 6.45.